The fourth-order valence-corrected chi connectivity index (χ4v) is 3.59. The number of ether oxygens (including phenoxy) is 2. The van der Waals surface area contributed by atoms with Crippen molar-refractivity contribution in [2.75, 3.05) is 31.1 Å². The zero-order valence-electron chi connectivity index (χ0n) is 15.8. The quantitative estimate of drug-likeness (QED) is 0.738. The number of benzene rings is 2. The first-order valence-corrected chi connectivity index (χ1v) is 9.91. The zero-order valence-corrected chi connectivity index (χ0v) is 15.8. The molecule has 1 atom stereocenters. The minimum atomic E-state index is -2.86. The van der Waals surface area contributed by atoms with Crippen LogP contribution in [0, 0.1) is 5.92 Å². The third-order valence-corrected chi connectivity index (χ3v) is 5.26. The number of hydrogen-bond donors (Lipinski definition) is 1. The van der Waals surface area contributed by atoms with Crippen LogP contribution in [-0.2, 0) is 6.42 Å². The largest absolute Gasteiger partial charge is 0.489 e. The molecule has 1 aliphatic heterocycles. The molecule has 2 aromatic rings. The molecule has 2 fully saturated rings. The number of rotatable bonds is 8. The first kappa shape index (κ1) is 19.0. The smallest absolute Gasteiger partial charge is 0.387 e. The molecule has 0 bridgehead atoms. The summed E-state index contributed by atoms with van der Waals surface area (Å²) in [5, 5.41) is 3.57. The van der Waals surface area contributed by atoms with Crippen LogP contribution in [0.3, 0.4) is 0 Å². The molecular formula is C22H26F2N2O2. The normalized spacial score (nSPS) is 19.7. The van der Waals surface area contributed by atoms with Gasteiger partial charge in [0.05, 0.1) is 6.61 Å². The van der Waals surface area contributed by atoms with Gasteiger partial charge in [-0.15, -0.1) is 0 Å². The van der Waals surface area contributed by atoms with Gasteiger partial charge in [0.25, 0.3) is 0 Å². The van der Waals surface area contributed by atoms with Gasteiger partial charge in [-0.2, -0.15) is 8.78 Å². The monoisotopic (exact) mass is 388 g/mol. The maximum Gasteiger partial charge on any atom is 0.387 e. The van der Waals surface area contributed by atoms with E-state index in [9.17, 15) is 8.78 Å². The maximum absolute atomic E-state index is 12.7. The van der Waals surface area contributed by atoms with E-state index in [-0.39, 0.29) is 5.75 Å². The Morgan fingerprint density at radius 2 is 1.89 bits per heavy atom. The summed E-state index contributed by atoms with van der Waals surface area (Å²) < 4.78 is 35.9. The second-order valence-electron chi connectivity index (χ2n) is 7.55. The maximum atomic E-state index is 12.7. The van der Waals surface area contributed by atoms with Gasteiger partial charge >= 0.3 is 6.61 Å². The summed E-state index contributed by atoms with van der Waals surface area (Å²) >= 11 is 0. The highest BCUT2D eigenvalue weighted by Crippen LogP contribution is 2.36. The second kappa shape index (κ2) is 8.78. The Balaban J connectivity index is 1.46. The molecule has 150 valence electrons. The molecule has 0 radical (unpaired) electrons. The third kappa shape index (κ3) is 5.13. The Morgan fingerprint density at radius 3 is 2.64 bits per heavy atom. The summed E-state index contributed by atoms with van der Waals surface area (Å²) in [4.78, 5) is 2.28. The van der Waals surface area contributed by atoms with Crippen molar-refractivity contribution in [3.63, 3.8) is 0 Å². The second-order valence-corrected chi connectivity index (χ2v) is 7.55. The van der Waals surface area contributed by atoms with Crippen molar-refractivity contribution in [3.05, 3.63) is 54.1 Å². The SMILES string of the molecule is FC(F)Oc1ccc(N2CCNC(Cc3ccccc3)C2)cc1OCC1CC1. The molecule has 4 rings (SSSR count). The number of piperazine rings is 1. The third-order valence-electron chi connectivity index (χ3n) is 5.26. The molecule has 2 aromatic carbocycles. The van der Waals surface area contributed by atoms with Crippen molar-refractivity contribution in [1.29, 1.82) is 0 Å². The summed E-state index contributed by atoms with van der Waals surface area (Å²) in [6.45, 7) is 0.296. The van der Waals surface area contributed by atoms with Gasteiger partial charge in [0.1, 0.15) is 0 Å². The molecule has 4 nitrogen and oxygen atoms in total. The van der Waals surface area contributed by atoms with Crippen molar-refractivity contribution in [2.45, 2.75) is 31.9 Å². The number of nitrogens with zero attached hydrogens (tertiary/aromatic N) is 1. The van der Waals surface area contributed by atoms with E-state index >= 15 is 0 Å². The summed E-state index contributed by atoms with van der Waals surface area (Å²) in [5.41, 5.74) is 2.28. The summed E-state index contributed by atoms with van der Waals surface area (Å²) in [6.07, 6.45) is 3.24. The fourth-order valence-electron chi connectivity index (χ4n) is 3.59. The lowest BCUT2D eigenvalue weighted by Gasteiger charge is -2.35. The minimum Gasteiger partial charge on any atom is -0.489 e. The van der Waals surface area contributed by atoms with Crippen LogP contribution >= 0.6 is 0 Å². The van der Waals surface area contributed by atoms with E-state index in [0.29, 0.717) is 24.3 Å². The molecule has 1 heterocycles. The van der Waals surface area contributed by atoms with Crippen molar-refractivity contribution in [3.8, 4) is 11.5 Å². The van der Waals surface area contributed by atoms with Crippen LogP contribution in [0.1, 0.15) is 18.4 Å². The molecule has 0 aromatic heterocycles. The zero-order chi connectivity index (χ0) is 19.3. The van der Waals surface area contributed by atoms with E-state index in [1.54, 1.807) is 6.07 Å². The molecule has 1 saturated carbocycles. The van der Waals surface area contributed by atoms with Crippen molar-refractivity contribution in [1.82, 2.24) is 5.32 Å². The molecular weight excluding hydrogens is 362 g/mol. The first-order valence-electron chi connectivity index (χ1n) is 9.91. The summed E-state index contributed by atoms with van der Waals surface area (Å²) in [7, 11) is 0. The van der Waals surface area contributed by atoms with E-state index in [1.807, 2.05) is 18.2 Å². The average Bonchev–Trinajstić information content (AvgIpc) is 3.52. The van der Waals surface area contributed by atoms with Crippen LogP contribution in [0.25, 0.3) is 0 Å². The van der Waals surface area contributed by atoms with Crippen LogP contribution in [0.2, 0.25) is 0 Å². The predicted octanol–water partition coefficient (Wildman–Crippen LogP) is 4.10. The lowest BCUT2D eigenvalue weighted by molar-refractivity contribution is -0.0515. The lowest BCUT2D eigenvalue weighted by Crippen LogP contribution is -2.51. The lowest BCUT2D eigenvalue weighted by atomic mass is 10.0. The summed E-state index contributed by atoms with van der Waals surface area (Å²) in [6, 6.07) is 16.0. The van der Waals surface area contributed by atoms with Gasteiger partial charge in [0.2, 0.25) is 0 Å². The minimum absolute atomic E-state index is 0.107. The van der Waals surface area contributed by atoms with Gasteiger partial charge in [-0.25, -0.2) is 0 Å². The summed E-state index contributed by atoms with van der Waals surface area (Å²) in [5.74, 6) is 1.05. The molecule has 1 N–H and O–H groups in total. The van der Waals surface area contributed by atoms with Gasteiger partial charge < -0.3 is 19.7 Å². The van der Waals surface area contributed by atoms with Crippen LogP contribution < -0.4 is 19.7 Å². The number of halogens is 2. The highest BCUT2D eigenvalue weighted by atomic mass is 19.3. The molecule has 2 aliphatic rings. The molecule has 1 unspecified atom stereocenters. The van der Waals surface area contributed by atoms with E-state index in [4.69, 9.17) is 4.74 Å². The number of anilines is 1. The fraction of sp³-hybridized carbons (Fsp3) is 0.455. The molecule has 1 aliphatic carbocycles. The Bertz CT molecular complexity index is 768. The highest BCUT2D eigenvalue weighted by Gasteiger charge is 2.24. The Kier molecular flexibility index (Phi) is 5.95. The van der Waals surface area contributed by atoms with E-state index in [1.165, 1.54) is 5.56 Å². The highest BCUT2D eigenvalue weighted by molar-refractivity contribution is 5.57. The molecule has 28 heavy (non-hydrogen) atoms. The molecule has 1 saturated heterocycles. The molecule has 0 spiro atoms. The predicted molar refractivity (Wildman–Crippen MR) is 105 cm³/mol. The Labute approximate surface area is 164 Å². The van der Waals surface area contributed by atoms with Crippen LogP contribution in [0.15, 0.2) is 48.5 Å². The van der Waals surface area contributed by atoms with Gasteiger partial charge in [0, 0.05) is 37.4 Å². The van der Waals surface area contributed by atoms with Gasteiger partial charge in [-0.05, 0) is 42.9 Å². The number of alkyl halides is 2. The topological polar surface area (TPSA) is 33.7 Å². The first-order chi connectivity index (χ1) is 13.7. The molecule has 6 heteroatoms. The van der Waals surface area contributed by atoms with E-state index < -0.39 is 6.61 Å². The Hall–Kier alpha value is -2.34. The Morgan fingerprint density at radius 1 is 1.07 bits per heavy atom. The van der Waals surface area contributed by atoms with Crippen molar-refractivity contribution in [2.24, 2.45) is 5.92 Å². The van der Waals surface area contributed by atoms with E-state index in [0.717, 1.165) is 44.6 Å². The van der Waals surface area contributed by atoms with E-state index in [2.05, 4.69) is 39.2 Å². The van der Waals surface area contributed by atoms with Gasteiger partial charge in [-0.1, -0.05) is 30.3 Å². The standard InChI is InChI=1S/C22H26F2N2O2/c23-22(24)28-20-9-8-19(13-21(20)27-15-17-6-7-17)26-11-10-25-18(14-26)12-16-4-2-1-3-5-16/h1-5,8-9,13,17-18,22,25H,6-7,10-12,14-15H2. The average molecular weight is 388 g/mol. The number of nitrogens with one attached hydrogen (secondary N) is 1. The van der Waals surface area contributed by atoms with Gasteiger partial charge in [-0.3, -0.25) is 0 Å². The van der Waals surface area contributed by atoms with Gasteiger partial charge in [0.15, 0.2) is 11.5 Å². The molecule has 0 amide bonds. The van der Waals surface area contributed by atoms with Crippen LogP contribution in [0.5, 0.6) is 11.5 Å². The van der Waals surface area contributed by atoms with Crippen LogP contribution in [0.4, 0.5) is 14.5 Å². The number of hydrogen-bond acceptors (Lipinski definition) is 4. The van der Waals surface area contributed by atoms with Crippen LogP contribution in [-0.4, -0.2) is 38.9 Å². The van der Waals surface area contributed by atoms with Crippen molar-refractivity contribution >= 4 is 5.69 Å². The van der Waals surface area contributed by atoms with Crippen molar-refractivity contribution < 1.29 is 18.3 Å².